The van der Waals surface area contributed by atoms with Crippen molar-refractivity contribution in [1.29, 1.82) is 0 Å². The van der Waals surface area contributed by atoms with E-state index in [4.69, 9.17) is 0 Å². The van der Waals surface area contributed by atoms with Crippen LogP contribution < -0.4 is 10.1 Å². The number of ether oxygens (including phenoxy) is 1. The largest absolute Gasteiger partial charge is 0.435 e. The Balaban J connectivity index is 0.00000106. The number of hydrogen-bond acceptors (Lipinski definition) is 2. The van der Waals surface area contributed by atoms with E-state index in [0.717, 1.165) is 5.69 Å². The molecular formula is C12H19F2NO. The van der Waals surface area contributed by atoms with Crippen LogP contribution in [-0.4, -0.2) is 12.7 Å². The first kappa shape index (κ1) is 14.7. The van der Waals surface area contributed by atoms with Crippen molar-refractivity contribution in [2.24, 2.45) is 0 Å². The van der Waals surface area contributed by atoms with Crippen LogP contribution in [0.1, 0.15) is 27.7 Å². The van der Waals surface area contributed by atoms with Gasteiger partial charge in [-0.1, -0.05) is 13.8 Å². The van der Waals surface area contributed by atoms with Crippen LogP contribution in [0.25, 0.3) is 0 Å². The lowest BCUT2D eigenvalue weighted by Gasteiger charge is -2.10. The molecule has 92 valence electrons. The predicted octanol–water partition coefficient (Wildman–Crippen LogP) is 4.13. The molecule has 0 aliphatic carbocycles. The number of rotatable bonds is 4. The summed E-state index contributed by atoms with van der Waals surface area (Å²) in [6.07, 6.45) is 0. The molecule has 0 heterocycles. The molecule has 1 N–H and O–H groups in total. The molecule has 0 bridgehead atoms. The minimum absolute atomic E-state index is 0.175. The van der Waals surface area contributed by atoms with E-state index in [1.54, 1.807) is 12.1 Å². The fourth-order valence-electron chi connectivity index (χ4n) is 1.07. The van der Waals surface area contributed by atoms with Crippen LogP contribution in [0.3, 0.4) is 0 Å². The van der Waals surface area contributed by atoms with Gasteiger partial charge in [0.25, 0.3) is 0 Å². The van der Waals surface area contributed by atoms with Gasteiger partial charge in [0.05, 0.1) is 0 Å². The van der Waals surface area contributed by atoms with Gasteiger partial charge in [-0.25, -0.2) is 0 Å². The van der Waals surface area contributed by atoms with Crippen LogP contribution in [0.5, 0.6) is 5.75 Å². The molecule has 16 heavy (non-hydrogen) atoms. The maximum absolute atomic E-state index is 11.8. The summed E-state index contributed by atoms with van der Waals surface area (Å²) in [5.74, 6) is 0.175. The van der Waals surface area contributed by atoms with Crippen LogP contribution in [0.2, 0.25) is 0 Å². The number of alkyl halides is 2. The van der Waals surface area contributed by atoms with Gasteiger partial charge in [-0.3, -0.25) is 0 Å². The van der Waals surface area contributed by atoms with Gasteiger partial charge >= 0.3 is 6.61 Å². The van der Waals surface area contributed by atoms with Crippen LogP contribution in [0, 0.1) is 0 Å². The Morgan fingerprint density at radius 3 is 1.94 bits per heavy atom. The molecule has 1 aromatic rings. The van der Waals surface area contributed by atoms with Crippen molar-refractivity contribution in [3.8, 4) is 5.75 Å². The molecule has 0 spiro atoms. The van der Waals surface area contributed by atoms with Gasteiger partial charge in [-0.2, -0.15) is 8.78 Å². The first-order valence-electron chi connectivity index (χ1n) is 5.39. The molecule has 0 unspecified atom stereocenters. The zero-order valence-corrected chi connectivity index (χ0v) is 10.1. The number of halogens is 2. The van der Waals surface area contributed by atoms with Gasteiger partial charge in [0.2, 0.25) is 0 Å². The third-order valence-corrected chi connectivity index (χ3v) is 1.53. The number of hydrogen-bond donors (Lipinski definition) is 1. The van der Waals surface area contributed by atoms with E-state index >= 15 is 0 Å². The summed E-state index contributed by atoms with van der Waals surface area (Å²) in [5.41, 5.74) is 0.890. The third-order valence-electron chi connectivity index (χ3n) is 1.53. The molecule has 0 aliphatic rings. The van der Waals surface area contributed by atoms with E-state index in [1.165, 1.54) is 12.1 Å². The van der Waals surface area contributed by atoms with E-state index in [1.807, 2.05) is 27.7 Å². The second-order valence-corrected chi connectivity index (χ2v) is 3.20. The predicted molar refractivity (Wildman–Crippen MR) is 63.2 cm³/mol. The normalized spacial score (nSPS) is 9.75. The minimum atomic E-state index is -2.76. The average molecular weight is 231 g/mol. The second-order valence-electron chi connectivity index (χ2n) is 3.20. The molecule has 0 atom stereocenters. The van der Waals surface area contributed by atoms with Crippen molar-refractivity contribution in [2.45, 2.75) is 40.3 Å². The molecular weight excluding hydrogens is 212 g/mol. The number of anilines is 1. The van der Waals surface area contributed by atoms with Gasteiger partial charge in [0, 0.05) is 11.7 Å². The van der Waals surface area contributed by atoms with Crippen molar-refractivity contribution in [3.05, 3.63) is 24.3 Å². The lowest BCUT2D eigenvalue weighted by molar-refractivity contribution is -0.0498. The fraction of sp³-hybridized carbons (Fsp3) is 0.500. The van der Waals surface area contributed by atoms with Gasteiger partial charge < -0.3 is 10.1 Å². The maximum atomic E-state index is 11.8. The van der Waals surface area contributed by atoms with Gasteiger partial charge in [0.15, 0.2) is 0 Å². The highest BCUT2D eigenvalue weighted by Gasteiger charge is 2.03. The Morgan fingerprint density at radius 2 is 1.56 bits per heavy atom. The Kier molecular flexibility index (Phi) is 7.25. The standard InChI is InChI=1S/C10H13F2NO.C2H6/c1-7(2)13-8-3-5-9(6-4-8)14-10(11)12;1-2/h3-7,10,13H,1-2H3;1-2H3. The lowest BCUT2D eigenvalue weighted by atomic mass is 10.3. The van der Waals surface area contributed by atoms with E-state index in [2.05, 4.69) is 10.1 Å². The van der Waals surface area contributed by atoms with Crippen LogP contribution in [-0.2, 0) is 0 Å². The molecule has 0 saturated carbocycles. The zero-order chi connectivity index (χ0) is 12.6. The third kappa shape index (κ3) is 6.22. The van der Waals surface area contributed by atoms with Crippen molar-refractivity contribution in [2.75, 3.05) is 5.32 Å². The molecule has 1 aromatic carbocycles. The molecule has 0 aliphatic heterocycles. The summed E-state index contributed by atoms with van der Waals surface area (Å²) in [7, 11) is 0. The molecule has 4 heteroatoms. The SMILES string of the molecule is CC.CC(C)Nc1ccc(OC(F)F)cc1. The van der Waals surface area contributed by atoms with E-state index < -0.39 is 6.61 Å². The summed E-state index contributed by atoms with van der Waals surface area (Å²) in [6.45, 7) is 5.24. The summed E-state index contributed by atoms with van der Waals surface area (Å²) >= 11 is 0. The smallest absolute Gasteiger partial charge is 0.387 e. The lowest BCUT2D eigenvalue weighted by Crippen LogP contribution is -2.09. The van der Waals surface area contributed by atoms with Gasteiger partial charge in [-0.05, 0) is 38.1 Å². The highest BCUT2D eigenvalue weighted by Crippen LogP contribution is 2.17. The first-order valence-corrected chi connectivity index (χ1v) is 5.39. The van der Waals surface area contributed by atoms with Crippen molar-refractivity contribution >= 4 is 5.69 Å². The maximum Gasteiger partial charge on any atom is 0.387 e. The molecule has 0 saturated heterocycles. The highest BCUT2D eigenvalue weighted by molar-refractivity contribution is 5.46. The van der Waals surface area contributed by atoms with Crippen LogP contribution in [0.15, 0.2) is 24.3 Å². The molecule has 0 fully saturated rings. The Morgan fingerprint density at radius 1 is 1.06 bits per heavy atom. The van der Waals surface area contributed by atoms with E-state index in [0.29, 0.717) is 6.04 Å². The zero-order valence-electron chi connectivity index (χ0n) is 10.1. The van der Waals surface area contributed by atoms with Crippen LogP contribution in [0.4, 0.5) is 14.5 Å². The highest BCUT2D eigenvalue weighted by atomic mass is 19.3. The van der Waals surface area contributed by atoms with E-state index in [9.17, 15) is 8.78 Å². The monoisotopic (exact) mass is 231 g/mol. The fourth-order valence-corrected chi connectivity index (χ4v) is 1.07. The molecule has 1 rings (SSSR count). The van der Waals surface area contributed by atoms with Crippen LogP contribution >= 0.6 is 0 Å². The van der Waals surface area contributed by atoms with Crippen molar-refractivity contribution in [1.82, 2.24) is 0 Å². The molecule has 2 nitrogen and oxygen atoms in total. The Bertz CT molecular complexity index is 244. The van der Waals surface area contributed by atoms with Crippen molar-refractivity contribution < 1.29 is 13.5 Å². The first-order chi connectivity index (χ1) is 7.58. The topological polar surface area (TPSA) is 21.3 Å². The Hall–Kier alpha value is -1.32. The number of nitrogens with one attached hydrogen (secondary N) is 1. The van der Waals surface area contributed by atoms with Gasteiger partial charge in [0.1, 0.15) is 5.75 Å². The summed E-state index contributed by atoms with van der Waals surface area (Å²) in [5, 5.41) is 3.14. The molecule has 0 amide bonds. The quantitative estimate of drug-likeness (QED) is 0.841. The molecule has 0 radical (unpaired) electrons. The Labute approximate surface area is 95.6 Å². The summed E-state index contributed by atoms with van der Waals surface area (Å²) in [4.78, 5) is 0. The minimum Gasteiger partial charge on any atom is -0.435 e. The average Bonchev–Trinajstić information content (AvgIpc) is 2.22. The second kappa shape index (κ2) is 7.91. The van der Waals surface area contributed by atoms with Gasteiger partial charge in [-0.15, -0.1) is 0 Å². The van der Waals surface area contributed by atoms with E-state index in [-0.39, 0.29) is 5.75 Å². The number of benzene rings is 1. The van der Waals surface area contributed by atoms with Crippen molar-refractivity contribution in [3.63, 3.8) is 0 Å². The summed E-state index contributed by atoms with van der Waals surface area (Å²) < 4.78 is 27.8. The summed E-state index contributed by atoms with van der Waals surface area (Å²) in [6, 6.07) is 6.75. The molecule has 0 aromatic heterocycles.